The smallest absolute Gasteiger partial charge is 0.322 e. The number of ether oxygens (including phenoxy) is 1. The van der Waals surface area contributed by atoms with E-state index in [1.165, 1.54) is 19.3 Å². The van der Waals surface area contributed by atoms with Crippen LogP contribution >= 0.6 is 0 Å². The summed E-state index contributed by atoms with van der Waals surface area (Å²) < 4.78 is 7.52. The van der Waals surface area contributed by atoms with Crippen molar-refractivity contribution in [3.05, 3.63) is 12.4 Å². The number of carbonyl (C=O) groups is 1. The SMILES string of the molecule is C[C@@H]1C[C@@H]2CCCC[C@@H]2N1C(=O)Nc1cnn(C[C@H]2CCCO2)c1. The van der Waals surface area contributed by atoms with Crippen LogP contribution in [0.15, 0.2) is 12.4 Å². The first-order valence-electron chi connectivity index (χ1n) is 9.44. The van der Waals surface area contributed by atoms with Gasteiger partial charge in [0.2, 0.25) is 0 Å². The normalized spacial score (nSPS) is 32.8. The van der Waals surface area contributed by atoms with Gasteiger partial charge >= 0.3 is 6.03 Å². The highest BCUT2D eigenvalue weighted by Crippen LogP contribution is 2.39. The number of likely N-dealkylation sites (tertiary alicyclic amines) is 1. The first kappa shape index (κ1) is 15.9. The third-order valence-electron chi connectivity index (χ3n) is 5.88. The Morgan fingerprint density at radius 1 is 1.33 bits per heavy atom. The van der Waals surface area contributed by atoms with E-state index in [0.29, 0.717) is 18.0 Å². The molecule has 2 aliphatic heterocycles. The number of fused-ring (bicyclic) bond motifs is 1. The zero-order chi connectivity index (χ0) is 16.5. The average molecular weight is 332 g/mol. The maximum Gasteiger partial charge on any atom is 0.322 e. The van der Waals surface area contributed by atoms with Gasteiger partial charge in [-0.25, -0.2) is 4.79 Å². The molecule has 0 unspecified atom stereocenters. The molecule has 6 heteroatoms. The Kier molecular flexibility index (Phi) is 4.48. The van der Waals surface area contributed by atoms with Crippen molar-refractivity contribution in [3.63, 3.8) is 0 Å². The van der Waals surface area contributed by atoms with E-state index < -0.39 is 0 Å². The maximum atomic E-state index is 12.8. The van der Waals surface area contributed by atoms with Crippen LogP contribution in [0.25, 0.3) is 0 Å². The number of nitrogens with one attached hydrogen (secondary N) is 1. The van der Waals surface area contributed by atoms with Gasteiger partial charge in [-0.3, -0.25) is 4.68 Å². The second-order valence-corrected chi connectivity index (χ2v) is 7.62. The summed E-state index contributed by atoms with van der Waals surface area (Å²) in [5, 5.41) is 7.42. The van der Waals surface area contributed by atoms with Crippen LogP contribution in [-0.4, -0.2) is 45.5 Å². The quantitative estimate of drug-likeness (QED) is 0.924. The average Bonchev–Trinajstić information content (AvgIpc) is 3.27. The van der Waals surface area contributed by atoms with Crippen LogP contribution in [0.1, 0.15) is 51.9 Å². The van der Waals surface area contributed by atoms with Crippen molar-refractivity contribution < 1.29 is 9.53 Å². The Morgan fingerprint density at radius 3 is 3.04 bits per heavy atom. The molecule has 3 heterocycles. The monoisotopic (exact) mass is 332 g/mol. The Balaban J connectivity index is 1.37. The van der Waals surface area contributed by atoms with Gasteiger partial charge in [0.05, 0.1) is 24.5 Å². The number of amides is 2. The second-order valence-electron chi connectivity index (χ2n) is 7.62. The summed E-state index contributed by atoms with van der Waals surface area (Å²) in [4.78, 5) is 14.9. The van der Waals surface area contributed by atoms with Gasteiger partial charge in [0.25, 0.3) is 0 Å². The third-order valence-corrected chi connectivity index (χ3v) is 5.88. The van der Waals surface area contributed by atoms with Crippen molar-refractivity contribution >= 4 is 11.7 Å². The molecule has 1 saturated carbocycles. The summed E-state index contributed by atoms with van der Waals surface area (Å²) in [6, 6.07) is 0.796. The molecule has 2 saturated heterocycles. The van der Waals surface area contributed by atoms with E-state index in [9.17, 15) is 4.79 Å². The van der Waals surface area contributed by atoms with Gasteiger partial charge in [0, 0.05) is 24.9 Å². The Morgan fingerprint density at radius 2 is 2.21 bits per heavy atom. The van der Waals surface area contributed by atoms with Crippen molar-refractivity contribution in [1.29, 1.82) is 0 Å². The molecule has 2 amide bonds. The summed E-state index contributed by atoms with van der Waals surface area (Å²) in [6.45, 7) is 3.80. The number of carbonyl (C=O) groups excluding carboxylic acids is 1. The number of hydrogen-bond acceptors (Lipinski definition) is 3. The van der Waals surface area contributed by atoms with E-state index in [0.717, 1.165) is 44.5 Å². The van der Waals surface area contributed by atoms with Crippen molar-refractivity contribution in [2.45, 2.75) is 76.6 Å². The van der Waals surface area contributed by atoms with Crippen molar-refractivity contribution in [1.82, 2.24) is 14.7 Å². The van der Waals surface area contributed by atoms with E-state index in [1.807, 2.05) is 10.9 Å². The fourth-order valence-corrected chi connectivity index (χ4v) is 4.77. The predicted molar refractivity (Wildman–Crippen MR) is 91.9 cm³/mol. The summed E-state index contributed by atoms with van der Waals surface area (Å²) >= 11 is 0. The zero-order valence-corrected chi connectivity index (χ0v) is 14.5. The van der Waals surface area contributed by atoms with Crippen molar-refractivity contribution in [2.24, 2.45) is 5.92 Å². The van der Waals surface area contributed by atoms with Gasteiger partial charge in [0.1, 0.15) is 0 Å². The highest BCUT2D eigenvalue weighted by Gasteiger charge is 2.42. The summed E-state index contributed by atoms with van der Waals surface area (Å²) in [6.07, 6.45) is 12.3. The van der Waals surface area contributed by atoms with E-state index in [4.69, 9.17) is 4.74 Å². The lowest BCUT2D eigenvalue weighted by Gasteiger charge is -2.33. The first-order valence-corrected chi connectivity index (χ1v) is 9.44. The van der Waals surface area contributed by atoms with Gasteiger partial charge in [-0.05, 0) is 44.9 Å². The Hall–Kier alpha value is -1.56. The fourth-order valence-electron chi connectivity index (χ4n) is 4.77. The first-order chi connectivity index (χ1) is 11.7. The third kappa shape index (κ3) is 3.16. The van der Waals surface area contributed by atoms with Crippen LogP contribution in [0.2, 0.25) is 0 Å². The molecule has 24 heavy (non-hydrogen) atoms. The number of anilines is 1. The molecule has 0 spiro atoms. The molecular formula is C18H28N4O2. The molecule has 0 radical (unpaired) electrons. The molecular weight excluding hydrogens is 304 g/mol. The molecule has 132 valence electrons. The van der Waals surface area contributed by atoms with E-state index in [-0.39, 0.29) is 12.1 Å². The molecule has 3 aliphatic rings. The molecule has 4 atom stereocenters. The highest BCUT2D eigenvalue weighted by molar-refractivity contribution is 5.89. The number of hydrogen-bond donors (Lipinski definition) is 1. The van der Waals surface area contributed by atoms with Crippen molar-refractivity contribution in [2.75, 3.05) is 11.9 Å². The Bertz CT molecular complexity index is 581. The topological polar surface area (TPSA) is 59.4 Å². The minimum absolute atomic E-state index is 0.0357. The molecule has 1 N–H and O–H groups in total. The van der Waals surface area contributed by atoms with Gasteiger partial charge in [0.15, 0.2) is 0 Å². The van der Waals surface area contributed by atoms with Crippen molar-refractivity contribution in [3.8, 4) is 0 Å². The van der Waals surface area contributed by atoms with Gasteiger partial charge in [-0.2, -0.15) is 5.10 Å². The lowest BCUT2D eigenvalue weighted by molar-refractivity contribution is 0.0940. The number of aromatic nitrogens is 2. The highest BCUT2D eigenvalue weighted by atomic mass is 16.5. The van der Waals surface area contributed by atoms with Gasteiger partial charge in [-0.1, -0.05) is 12.8 Å². The molecule has 1 aliphatic carbocycles. The van der Waals surface area contributed by atoms with Crippen LogP contribution in [0.4, 0.5) is 10.5 Å². The summed E-state index contributed by atoms with van der Waals surface area (Å²) in [7, 11) is 0. The summed E-state index contributed by atoms with van der Waals surface area (Å²) in [5.74, 6) is 0.696. The lowest BCUT2D eigenvalue weighted by Crippen LogP contribution is -2.44. The zero-order valence-electron chi connectivity index (χ0n) is 14.5. The molecule has 4 rings (SSSR count). The largest absolute Gasteiger partial charge is 0.376 e. The van der Waals surface area contributed by atoms with E-state index >= 15 is 0 Å². The molecule has 1 aromatic heterocycles. The van der Waals surface area contributed by atoms with Crippen LogP contribution in [0.3, 0.4) is 0 Å². The maximum absolute atomic E-state index is 12.8. The number of nitrogens with zero attached hydrogens (tertiary/aromatic N) is 3. The van der Waals surface area contributed by atoms with Gasteiger partial charge < -0.3 is 15.0 Å². The lowest BCUT2D eigenvalue weighted by atomic mass is 9.85. The van der Waals surface area contributed by atoms with Crippen LogP contribution in [-0.2, 0) is 11.3 Å². The minimum Gasteiger partial charge on any atom is -0.376 e. The Labute approximate surface area is 143 Å². The number of urea groups is 1. The molecule has 6 nitrogen and oxygen atoms in total. The van der Waals surface area contributed by atoms with Gasteiger partial charge in [-0.15, -0.1) is 0 Å². The molecule has 0 aromatic carbocycles. The minimum atomic E-state index is 0.0357. The predicted octanol–water partition coefficient (Wildman–Crippen LogP) is 3.25. The standard InChI is InChI=1S/C18H28N4O2/c1-13-9-14-5-2-3-7-17(14)22(13)18(23)20-15-10-19-21(11-15)12-16-6-4-8-24-16/h10-11,13-14,16-17H,2-9,12H2,1H3,(H,20,23)/t13-,14+,16-,17+/m1/s1. The second kappa shape index (κ2) is 6.75. The fraction of sp³-hybridized carbons (Fsp3) is 0.778. The van der Waals surface area contributed by atoms with Crippen LogP contribution in [0.5, 0.6) is 0 Å². The van der Waals surface area contributed by atoms with E-state index in [1.54, 1.807) is 6.20 Å². The number of rotatable bonds is 3. The summed E-state index contributed by atoms with van der Waals surface area (Å²) in [5.41, 5.74) is 0.782. The molecule has 0 bridgehead atoms. The van der Waals surface area contributed by atoms with Crippen LogP contribution < -0.4 is 5.32 Å². The van der Waals surface area contributed by atoms with E-state index in [2.05, 4.69) is 22.2 Å². The molecule has 1 aromatic rings. The van der Waals surface area contributed by atoms with Crippen LogP contribution in [0, 0.1) is 5.92 Å². The molecule has 3 fully saturated rings.